The van der Waals surface area contributed by atoms with Crippen LogP contribution < -0.4 is 0 Å². The first-order chi connectivity index (χ1) is 7.09. The predicted molar refractivity (Wildman–Crippen MR) is 66.1 cm³/mol. The molecule has 80 valence electrons. The first kappa shape index (κ1) is 10.7. The van der Waals surface area contributed by atoms with Crippen LogP contribution in [0.1, 0.15) is 18.2 Å². The second-order valence-corrected chi connectivity index (χ2v) is 4.80. The molecule has 1 heterocycles. The van der Waals surface area contributed by atoms with Crippen LogP contribution in [-0.2, 0) is 6.42 Å². The number of benzene rings is 1. The zero-order chi connectivity index (χ0) is 11.0. The van der Waals surface area contributed by atoms with E-state index < -0.39 is 0 Å². The van der Waals surface area contributed by atoms with Gasteiger partial charge in [0.1, 0.15) is 0 Å². The average Bonchev–Trinajstić information content (AvgIpc) is 2.46. The summed E-state index contributed by atoms with van der Waals surface area (Å²) >= 11 is 3.52. The molecule has 0 fully saturated rings. The molecule has 0 saturated heterocycles. The van der Waals surface area contributed by atoms with Crippen molar-refractivity contribution in [2.75, 3.05) is 0 Å². The normalized spacial score (nSPS) is 13.3. The van der Waals surface area contributed by atoms with E-state index in [4.69, 9.17) is 0 Å². The van der Waals surface area contributed by atoms with Crippen LogP contribution in [0.25, 0.3) is 10.9 Å². The molecule has 1 unspecified atom stereocenters. The average molecular weight is 268 g/mol. The molecule has 0 spiro atoms. The molecule has 2 nitrogen and oxygen atoms in total. The summed E-state index contributed by atoms with van der Waals surface area (Å²) in [5.41, 5.74) is 3.46. The molecule has 2 rings (SSSR count). The molecule has 1 atom stereocenters. The number of aromatic amines is 1. The van der Waals surface area contributed by atoms with Crippen LogP contribution in [0.2, 0.25) is 0 Å². The van der Waals surface area contributed by atoms with E-state index in [1.807, 2.05) is 12.1 Å². The van der Waals surface area contributed by atoms with Gasteiger partial charge < -0.3 is 10.1 Å². The molecule has 0 aliphatic heterocycles. The highest BCUT2D eigenvalue weighted by Gasteiger charge is 2.10. The number of halogens is 1. The molecule has 0 aliphatic rings. The third-order valence-corrected chi connectivity index (χ3v) is 3.31. The minimum atomic E-state index is -0.310. The van der Waals surface area contributed by atoms with E-state index in [1.54, 1.807) is 6.92 Å². The summed E-state index contributed by atoms with van der Waals surface area (Å²) in [5, 5.41) is 10.6. The molecule has 2 N–H and O–H groups in total. The number of fused-ring (bicyclic) bond motifs is 1. The number of hydrogen-bond donors (Lipinski definition) is 2. The van der Waals surface area contributed by atoms with Crippen molar-refractivity contribution in [1.82, 2.24) is 4.98 Å². The fraction of sp³-hybridized carbons (Fsp3) is 0.333. The summed E-state index contributed by atoms with van der Waals surface area (Å²) in [7, 11) is 0. The number of nitrogens with one attached hydrogen (secondary N) is 1. The standard InChI is InChI=1S/C12H14BrNO/c1-7(15)6-11-8(2)9-4-3-5-10(13)12(9)14-11/h3-5,7,14-15H,6H2,1-2H3. The summed E-state index contributed by atoms with van der Waals surface area (Å²) in [4.78, 5) is 3.36. The molecule has 0 amide bonds. The Morgan fingerprint density at radius 2 is 2.20 bits per heavy atom. The van der Waals surface area contributed by atoms with E-state index >= 15 is 0 Å². The molecule has 0 bridgehead atoms. The van der Waals surface area contributed by atoms with Crippen molar-refractivity contribution in [1.29, 1.82) is 0 Å². The van der Waals surface area contributed by atoms with Gasteiger partial charge in [-0.05, 0) is 41.4 Å². The number of aliphatic hydroxyl groups is 1. The molecular weight excluding hydrogens is 254 g/mol. The minimum Gasteiger partial charge on any atom is -0.393 e. The van der Waals surface area contributed by atoms with Crippen LogP contribution in [0.4, 0.5) is 0 Å². The van der Waals surface area contributed by atoms with E-state index in [1.165, 1.54) is 10.9 Å². The van der Waals surface area contributed by atoms with Gasteiger partial charge in [-0.1, -0.05) is 12.1 Å². The topological polar surface area (TPSA) is 36.0 Å². The van der Waals surface area contributed by atoms with Gasteiger partial charge in [0.05, 0.1) is 11.6 Å². The number of hydrogen-bond acceptors (Lipinski definition) is 1. The fourth-order valence-electron chi connectivity index (χ4n) is 1.87. The SMILES string of the molecule is Cc1c(CC(C)O)[nH]c2c(Br)cccc12. The van der Waals surface area contributed by atoms with Gasteiger partial charge in [-0.25, -0.2) is 0 Å². The summed E-state index contributed by atoms with van der Waals surface area (Å²) in [6.07, 6.45) is 0.364. The largest absolute Gasteiger partial charge is 0.393 e. The zero-order valence-electron chi connectivity index (χ0n) is 8.84. The lowest BCUT2D eigenvalue weighted by atomic mass is 10.1. The van der Waals surface area contributed by atoms with Crippen molar-refractivity contribution in [3.8, 4) is 0 Å². The van der Waals surface area contributed by atoms with Crippen LogP contribution in [-0.4, -0.2) is 16.2 Å². The van der Waals surface area contributed by atoms with Gasteiger partial charge in [0, 0.05) is 22.0 Å². The Balaban J connectivity index is 2.59. The lowest BCUT2D eigenvalue weighted by molar-refractivity contribution is 0.194. The monoisotopic (exact) mass is 267 g/mol. The summed E-state index contributed by atoms with van der Waals surface area (Å²) < 4.78 is 1.07. The molecule has 15 heavy (non-hydrogen) atoms. The first-order valence-electron chi connectivity index (χ1n) is 5.03. The Hall–Kier alpha value is -0.800. The lowest BCUT2D eigenvalue weighted by Crippen LogP contribution is -2.05. The highest BCUT2D eigenvalue weighted by Crippen LogP contribution is 2.28. The van der Waals surface area contributed by atoms with Crippen LogP contribution in [0.5, 0.6) is 0 Å². The number of rotatable bonds is 2. The zero-order valence-corrected chi connectivity index (χ0v) is 10.4. The molecule has 0 saturated carbocycles. The van der Waals surface area contributed by atoms with Crippen molar-refractivity contribution >= 4 is 26.8 Å². The summed E-state index contributed by atoms with van der Waals surface area (Å²) in [6, 6.07) is 6.14. The maximum Gasteiger partial charge on any atom is 0.0603 e. The highest BCUT2D eigenvalue weighted by atomic mass is 79.9. The number of aromatic nitrogens is 1. The van der Waals surface area contributed by atoms with E-state index in [2.05, 4.69) is 33.9 Å². The van der Waals surface area contributed by atoms with Crippen LogP contribution in [0, 0.1) is 6.92 Å². The molecule has 0 radical (unpaired) electrons. The van der Waals surface area contributed by atoms with Crippen molar-refractivity contribution in [2.45, 2.75) is 26.4 Å². The van der Waals surface area contributed by atoms with Crippen molar-refractivity contribution < 1.29 is 5.11 Å². The van der Waals surface area contributed by atoms with Crippen molar-refractivity contribution in [2.24, 2.45) is 0 Å². The van der Waals surface area contributed by atoms with Gasteiger partial charge in [-0.2, -0.15) is 0 Å². The van der Waals surface area contributed by atoms with E-state index in [0.717, 1.165) is 15.7 Å². The summed E-state index contributed by atoms with van der Waals surface area (Å²) in [6.45, 7) is 3.89. The van der Waals surface area contributed by atoms with Crippen molar-refractivity contribution in [3.05, 3.63) is 33.9 Å². The molecule has 2 aromatic rings. The number of H-pyrrole nitrogens is 1. The highest BCUT2D eigenvalue weighted by molar-refractivity contribution is 9.10. The Bertz CT molecular complexity index is 488. The Labute approximate surface area is 97.4 Å². The third-order valence-electron chi connectivity index (χ3n) is 2.65. The quantitative estimate of drug-likeness (QED) is 0.862. The maximum absolute atomic E-state index is 9.39. The van der Waals surface area contributed by atoms with Crippen LogP contribution >= 0.6 is 15.9 Å². The second kappa shape index (κ2) is 3.99. The Morgan fingerprint density at radius 3 is 2.80 bits per heavy atom. The fourth-order valence-corrected chi connectivity index (χ4v) is 2.34. The second-order valence-electron chi connectivity index (χ2n) is 3.94. The Morgan fingerprint density at radius 1 is 1.47 bits per heavy atom. The number of aryl methyl sites for hydroxylation is 1. The molecule has 1 aromatic heterocycles. The molecule has 3 heteroatoms. The van der Waals surface area contributed by atoms with Gasteiger partial charge in [0.15, 0.2) is 0 Å². The van der Waals surface area contributed by atoms with Gasteiger partial charge in [-0.15, -0.1) is 0 Å². The smallest absolute Gasteiger partial charge is 0.0603 e. The maximum atomic E-state index is 9.39. The Kier molecular flexibility index (Phi) is 2.85. The van der Waals surface area contributed by atoms with Gasteiger partial charge >= 0.3 is 0 Å². The van der Waals surface area contributed by atoms with Gasteiger partial charge in [0.2, 0.25) is 0 Å². The van der Waals surface area contributed by atoms with E-state index in [-0.39, 0.29) is 6.10 Å². The van der Waals surface area contributed by atoms with Gasteiger partial charge in [0.25, 0.3) is 0 Å². The van der Waals surface area contributed by atoms with E-state index in [0.29, 0.717) is 6.42 Å². The summed E-state index contributed by atoms with van der Waals surface area (Å²) in [5.74, 6) is 0. The number of para-hydroxylation sites is 1. The minimum absolute atomic E-state index is 0.310. The number of aliphatic hydroxyl groups excluding tert-OH is 1. The van der Waals surface area contributed by atoms with Crippen molar-refractivity contribution in [3.63, 3.8) is 0 Å². The van der Waals surface area contributed by atoms with Gasteiger partial charge in [-0.3, -0.25) is 0 Å². The molecular formula is C12H14BrNO. The lowest BCUT2D eigenvalue weighted by Gasteiger charge is -2.02. The third kappa shape index (κ3) is 1.94. The van der Waals surface area contributed by atoms with Crippen LogP contribution in [0.3, 0.4) is 0 Å². The first-order valence-corrected chi connectivity index (χ1v) is 5.82. The molecule has 0 aliphatic carbocycles. The van der Waals surface area contributed by atoms with E-state index in [9.17, 15) is 5.11 Å². The van der Waals surface area contributed by atoms with Crippen LogP contribution in [0.15, 0.2) is 22.7 Å². The molecule has 1 aromatic carbocycles. The predicted octanol–water partition coefficient (Wildman–Crippen LogP) is 3.16.